The summed E-state index contributed by atoms with van der Waals surface area (Å²) in [4.78, 5) is 0. The van der Waals surface area contributed by atoms with E-state index in [-0.39, 0.29) is 6.10 Å². The van der Waals surface area contributed by atoms with Crippen LogP contribution in [-0.2, 0) is 4.74 Å². The van der Waals surface area contributed by atoms with Gasteiger partial charge in [-0.3, -0.25) is 0 Å². The second kappa shape index (κ2) is 6.35. The molecule has 0 saturated heterocycles. The number of quaternary nitrogens is 1. The fourth-order valence-electron chi connectivity index (χ4n) is 0.978. The van der Waals surface area contributed by atoms with Crippen molar-refractivity contribution >= 4 is 0 Å². The maximum atomic E-state index is 9.19. The van der Waals surface area contributed by atoms with Crippen LogP contribution in [-0.4, -0.2) is 56.6 Å². The SMILES string of the molecule is CCC(O)COCCC[N+](C)(C)C. The molecule has 3 nitrogen and oxygen atoms in total. The third-order valence-corrected chi connectivity index (χ3v) is 1.90. The number of ether oxygens (including phenoxy) is 1. The van der Waals surface area contributed by atoms with E-state index < -0.39 is 0 Å². The van der Waals surface area contributed by atoms with E-state index in [0.29, 0.717) is 6.61 Å². The predicted octanol–water partition coefficient (Wildman–Crippen LogP) is 0.870. The van der Waals surface area contributed by atoms with Gasteiger partial charge in [0.25, 0.3) is 0 Å². The van der Waals surface area contributed by atoms with Crippen molar-refractivity contribution in [2.45, 2.75) is 25.9 Å². The Morgan fingerprint density at radius 2 is 1.92 bits per heavy atom. The lowest BCUT2D eigenvalue weighted by atomic mass is 10.3. The summed E-state index contributed by atoms with van der Waals surface area (Å²) in [6, 6.07) is 0. The highest BCUT2D eigenvalue weighted by Crippen LogP contribution is 1.96. The fourth-order valence-corrected chi connectivity index (χ4v) is 0.978. The van der Waals surface area contributed by atoms with Crippen LogP contribution in [0.1, 0.15) is 19.8 Å². The summed E-state index contributed by atoms with van der Waals surface area (Å²) in [5.41, 5.74) is 0. The quantitative estimate of drug-likeness (QED) is 0.477. The molecule has 0 bridgehead atoms. The van der Waals surface area contributed by atoms with Crippen LogP contribution >= 0.6 is 0 Å². The summed E-state index contributed by atoms with van der Waals surface area (Å²) >= 11 is 0. The van der Waals surface area contributed by atoms with E-state index in [2.05, 4.69) is 21.1 Å². The van der Waals surface area contributed by atoms with E-state index in [0.717, 1.165) is 30.5 Å². The van der Waals surface area contributed by atoms with E-state index in [1.165, 1.54) is 0 Å². The van der Waals surface area contributed by atoms with Gasteiger partial charge in [0.1, 0.15) is 0 Å². The van der Waals surface area contributed by atoms with Crippen molar-refractivity contribution in [3.63, 3.8) is 0 Å². The zero-order valence-electron chi connectivity index (χ0n) is 9.42. The van der Waals surface area contributed by atoms with Gasteiger partial charge in [-0.05, 0) is 6.42 Å². The lowest BCUT2D eigenvalue weighted by Crippen LogP contribution is -2.35. The minimum absolute atomic E-state index is 0.288. The lowest BCUT2D eigenvalue weighted by molar-refractivity contribution is -0.870. The fraction of sp³-hybridized carbons (Fsp3) is 1.00. The van der Waals surface area contributed by atoms with E-state index in [1.807, 2.05) is 6.92 Å². The number of hydrogen-bond donors (Lipinski definition) is 1. The smallest absolute Gasteiger partial charge is 0.0802 e. The molecular weight excluding hydrogens is 166 g/mol. The number of aliphatic hydroxyl groups is 1. The number of aliphatic hydroxyl groups excluding tert-OH is 1. The van der Waals surface area contributed by atoms with E-state index >= 15 is 0 Å². The number of hydrogen-bond acceptors (Lipinski definition) is 2. The molecule has 0 spiro atoms. The monoisotopic (exact) mass is 190 g/mol. The molecule has 0 aromatic heterocycles. The minimum atomic E-state index is -0.288. The van der Waals surface area contributed by atoms with E-state index in [4.69, 9.17) is 4.74 Å². The molecule has 0 heterocycles. The Balaban J connectivity index is 3.18. The van der Waals surface area contributed by atoms with E-state index in [1.54, 1.807) is 0 Å². The predicted molar refractivity (Wildman–Crippen MR) is 54.6 cm³/mol. The second-order valence-electron chi connectivity index (χ2n) is 4.50. The van der Waals surface area contributed by atoms with Crippen molar-refractivity contribution < 1.29 is 14.3 Å². The maximum absolute atomic E-state index is 9.19. The molecule has 0 aliphatic heterocycles. The van der Waals surface area contributed by atoms with Gasteiger partial charge in [-0.1, -0.05) is 6.92 Å². The van der Waals surface area contributed by atoms with Gasteiger partial charge in [0.15, 0.2) is 0 Å². The average molecular weight is 190 g/mol. The van der Waals surface area contributed by atoms with Crippen molar-refractivity contribution in [2.24, 2.45) is 0 Å². The zero-order valence-corrected chi connectivity index (χ0v) is 9.42. The molecule has 3 heteroatoms. The van der Waals surface area contributed by atoms with Crippen LogP contribution in [0.4, 0.5) is 0 Å². The standard InChI is InChI=1S/C10H24NO2/c1-5-10(12)9-13-8-6-7-11(2,3)4/h10,12H,5-9H2,1-4H3/q+1. The highest BCUT2D eigenvalue weighted by molar-refractivity contribution is 4.48. The summed E-state index contributed by atoms with van der Waals surface area (Å²) < 4.78 is 6.29. The largest absolute Gasteiger partial charge is 0.391 e. The Bertz CT molecular complexity index is 121. The molecule has 80 valence electrons. The molecule has 13 heavy (non-hydrogen) atoms. The first-order chi connectivity index (χ1) is 5.95. The number of rotatable bonds is 7. The van der Waals surface area contributed by atoms with Gasteiger partial charge in [-0.15, -0.1) is 0 Å². The molecule has 1 unspecified atom stereocenters. The molecule has 1 N–H and O–H groups in total. The van der Waals surface area contributed by atoms with Gasteiger partial charge in [0.05, 0.1) is 47.0 Å². The summed E-state index contributed by atoms with van der Waals surface area (Å²) in [6.45, 7) is 4.31. The van der Waals surface area contributed by atoms with Gasteiger partial charge in [0.2, 0.25) is 0 Å². The summed E-state index contributed by atoms with van der Waals surface area (Å²) in [7, 11) is 6.50. The van der Waals surface area contributed by atoms with Crippen molar-refractivity contribution in [1.29, 1.82) is 0 Å². The Labute approximate surface area is 81.9 Å². The molecule has 0 aromatic rings. The zero-order chi connectivity index (χ0) is 10.3. The Kier molecular flexibility index (Phi) is 6.29. The van der Waals surface area contributed by atoms with Crippen molar-refractivity contribution in [3.05, 3.63) is 0 Å². The summed E-state index contributed by atoms with van der Waals surface area (Å²) in [5, 5.41) is 9.19. The molecule has 0 rings (SSSR count). The molecule has 0 fully saturated rings. The topological polar surface area (TPSA) is 29.5 Å². The first-order valence-electron chi connectivity index (χ1n) is 5.02. The Morgan fingerprint density at radius 1 is 1.31 bits per heavy atom. The summed E-state index contributed by atoms with van der Waals surface area (Å²) in [6.07, 6.45) is 1.54. The molecule has 1 atom stereocenters. The van der Waals surface area contributed by atoms with Gasteiger partial charge < -0.3 is 14.3 Å². The summed E-state index contributed by atoms with van der Waals surface area (Å²) in [5.74, 6) is 0. The molecule has 0 aliphatic carbocycles. The molecule has 0 amide bonds. The molecule has 0 aliphatic rings. The Hall–Kier alpha value is -0.120. The molecule has 0 aromatic carbocycles. The maximum Gasteiger partial charge on any atom is 0.0802 e. The molecule has 0 radical (unpaired) electrons. The van der Waals surface area contributed by atoms with Gasteiger partial charge in [0, 0.05) is 6.42 Å². The van der Waals surface area contributed by atoms with Crippen LogP contribution in [0.2, 0.25) is 0 Å². The molecular formula is C10H24NO2+. The lowest BCUT2D eigenvalue weighted by Gasteiger charge is -2.23. The van der Waals surface area contributed by atoms with Crippen LogP contribution in [0.15, 0.2) is 0 Å². The van der Waals surface area contributed by atoms with Crippen molar-refractivity contribution in [1.82, 2.24) is 0 Å². The first kappa shape index (κ1) is 12.9. The van der Waals surface area contributed by atoms with Crippen LogP contribution < -0.4 is 0 Å². The van der Waals surface area contributed by atoms with Gasteiger partial charge in [-0.25, -0.2) is 0 Å². The highest BCUT2D eigenvalue weighted by Gasteiger charge is 2.06. The second-order valence-corrected chi connectivity index (χ2v) is 4.50. The average Bonchev–Trinajstić information content (AvgIpc) is 2.01. The van der Waals surface area contributed by atoms with Gasteiger partial charge >= 0.3 is 0 Å². The third-order valence-electron chi connectivity index (χ3n) is 1.90. The van der Waals surface area contributed by atoms with Crippen LogP contribution in [0, 0.1) is 0 Å². The van der Waals surface area contributed by atoms with Gasteiger partial charge in [-0.2, -0.15) is 0 Å². The number of nitrogens with zero attached hydrogens (tertiary/aromatic N) is 1. The first-order valence-corrected chi connectivity index (χ1v) is 5.02. The van der Waals surface area contributed by atoms with Crippen molar-refractivity contribution in [2.75, 3.05) is 40.9 Å². The Morgan fingerprint density at radius 3 is 2.38 bits per heavy atom. The minimum Gasteiger partial charge on any atom is -0.391 e. The van der Waals surface area contributed by atoms with Crippen molar-refractivity contribution in [3.8, 4) is 0 Å². The van der Waals surface area contributed by atoms with Crippen LogP contribution in [0.25, 0.3) is 0 Å². The van der Waals surface area contributed by atoms with Crippen LogP contribution in [0.3, 0.4) is 0 Å². The van der Waals surface area contributed by atoms with E-state index in [9.17, 15) is 5.11 Å². The third kappa shape index (κ3) is 9.80. The van der Waals surface area contributed by atoms with Crippen LogP contribution in [0.5, 0.6) is 0 Å². The molecule has 0 saturated carbocycles. The normalized spacial score (nSPS) is 14.5. The highest BCUT2D eigenvalue weighted by atomic mass is 16.5.